The second-order valence-electron chi connectivity index (χ2n) is 6.31. The zero-order valence-corrected chi connectivity index (χ0v) is 12.0. The minimum atomic E-state index is 0.205. The second-order valence-corrected chi connectivity index (χ2v) is 6.31. The van der Waals surface area contributed by atoms with Crippen molar-refractivity contribution in [2.75, 3.05) is 33.2 Å². The van der Waals surface area contributed by atoms with E-state index in [1.54, 1.807) is 6.92 Å². The molecule has 2 aliphatic rings. The van der Waals surface area contributed by atoms with Gasteiger partial charge in [-0.2, -0.15) is 0 Å². The van der Waals surface area contributed by atoms with Gasteiger partial charge in [0, 0.05) is 27.1 Å². The smallest absolute Gasteiger partial charge is 0.219 e. The van der Waals surface area contributed by atoms with Crippen molar-refractivity contribution in [3.63, 3.8) is 0 Å². The number of rotatable bonds is 4. The molecule has 2 atom stereocenters. The Morgan fingerprint density at radius 3 is 2.50 bits per heavy atom. The minimum absolute atomic E-state index is 0.205. The van der Waals surface area contributed by atoms with E-state index in [0.29, 0.717) is 0 Å². The zero-order valence-electron chi connectivity index (χ0n) is 12.0. The quantitative estimate of drug-likeness (QED) is 0.767. The van der Waals surface area contributed by atoms with Crippen molar-refractivity contribution in [3.05, 3.63) is 0 Å². The van der Waals surface area contributed by atoms with Crippen molar-refractivity contribution in [1.29, 1.82) is 0 Å². The first-order valence-electron chi connectivity index (χ1n) is 7.59. The molecule has 104 valence electrons. The van der Waals surface area contributed by atoms with E-state index in [1.165, 1.54) is 58.2 Å². The van der Waals surface area contributed by atoms with Crippen LogP contribution in [0.15, 0.2) is 0 Å². The van der Waals surface area contributed by atoms with E-state index in [9.17, 15) is 4.79 Å². The van der Waals surface area contributed by atoms with Gasteiger partial charge in [0.25, 0.3) is 0 Å². The van der Waals surface area contributed by atoms with Crippen LogP contribution in [0.25, 0.3) is 0 Å². The summed E-state index contributed by atoms with van der Waals surface area (Å²) in [6.07, 6.45) is 8.18. The normalized spacial score (nSPS) is 29.4. The maximum atomic E-state index is 11.3. The Balaban J connectivity index is 1.75. The van der Waals surface area contributed by atoms with Crippen LogP contribution in [0.2, 0.25) is 0 Å². The van der Waals surface area contributed by atoms with Crippen LogP contribution in [0.5, 0.6) is 0 Å². The highest BCUT2D eigenvalue weighted by Crippen LogP contribution is 2.30. The number of carbonyl (C=O) groups is 1. The Morgan fingerprint density at radius 2 is 1.83 bits per heavy atom. The molecule has 2 rings (SSSR count). The van der Waals surface area contributed by atoms with Crippen molar-refractivity contribution >= 4 is 5.91 Å². The molecule has 1 heterocycles. The summed E-state index contributed by atoms with van der Waals surface area (Å²) in [5, 5.41) is 0. The molecule has 1 aliphatic carbocycles. The topological polar surface area (TPSA) is 23.6 Å². The molecule has 1 saturated carbocycles. The first kappa shape index (κ1) is 13.9. The number of likely N-dealkylation sites (tertiary alicyclic amines) is 1. The first-order valence-corrected chi connectivity index (χ1v) is 7.59. The number of hydrogen-bond acceptors (Lipinski definition) is 2. The molecule has 1 amide bonds. The van der Waals surface area contributed by atoms with E-state index in [1.807, 2.05) is 11.9 Å². The molecular formula is C15H28N2O. The first-order chi connectivity index (χ1) is 8.65. The lowest BCUT2D eigenvalue weighted by Gasteiger charge is -2.33. The molecule has 2 fully saturated rings. The van der Waals surface area contributed by atoms with E-state index in [-0.39, 0.29) is 5.91 Å². The van der Waals surface area contributed by atoms with E-state index >= 15 is 0 Å². The summed E-state index contributed by atoms with van der Waals surface area (Å²) < 4.78 is 0. The molecule has 1 aliphatic heterocycles. The molecule has 3 nitrogen and oxygen atoms in total. The Hall–Kier alpha value is -0.570. The van der Waals surface area contributed by atoms with Crippen LogP contribution in [0.4, 0.5) is 0 Å². The van der Waals surface area contributed by atoms with Crippen molar-refractivity contribution in [1.82, 2.24) is 9.80 Å². The summed E-state index contributed by atoms with van der Waals surface area (Å²) in [5.41, 5.74) is 0. The van der Waals surface area contributed by atoms with Gasteiger partial charge < -0.3 is 9.80 Å². The molecule has 0 N–H and O–H groups in total. The van der Waals surface area contributed by atoms with Gasteiger partial charge in [-0.25, -0.2) is 0 Å². The van der Waals surface area contributed by atoms with E-state index in [2.05, 4.69) is 4.90 Å². The summed E-state index contributed by atoms with van der Waals surface area (Å²) in [7, 11) is 1.94. The predicted octanol–water partition coefficient (Wildman–Crippen LogP) is 2.37. The fraction of sp³-hybridized carbons (Fsp3) is 0.933. The highest BCUT2D eigenvalue weighted by molar-refractivity contribution is 5.72. The molecular weight excluding hydrogens is 224 g/mol. The lowest BCUT2D eigenvalue weighted by molar-refractivity contribution is -0.128. The molecule has 0 bridgehead atoms. The van der Waals surface area contributed by atoms with Gasteiger partial charge in [0.1, 0.15) is 0 Å². The summed E-state index contributed by atoms with van der Waals surface area (Å²) in [6, 6.07) is 0. The molecule has 0 aromatic carbocycles. The molecule has 3 heteroatoms. The molecule has 0 aromatic rings. The zero-order chi connectivity index (χ0) is 13.0. The highest BCUT2D eigenvalue weighted by Gasteiger charge is 2.25. The number of amides is 1. The Bertz CT molecular complexity index is 274. The largest absolute Gasteiger partial charge is 0.346 e. The van der Waals surface area contributed by atoms with Crippen LogP contribution < -0.4 is 0 Å². The SMILES string of the molecule is CC(=O)N(C)CC1CCCC(CN2CCCC2)C1. The molecule has 1 saturated heterocycles. The van der Waals surface area contributed by atoms with Crippen molar-refractivity contribution in [3.8, 4) is 0 Å². The molecule has 0 spiro atoms. The van der Waals surface area contributed by atoms with Crippen LogP contribution in [-0.2, 0) is 4.79 Å². The van der Waals surface area contributed by atoms with Gasteiger partial charge in [-0.05, 0) is 57.0 Å². The number of nitrogens with zero attached hydrogens (tertiary/aromatic N) is 2. The molecule has 0 radical (unpaired) electrons. The number of hydrogen-bond donors (Lipinski definition) is 0. The minimum Gasteiger partial charge on any atom is -0.346 e. The lowest BCUT2D eigenvalue weighted by atomic mass is 9.81. The monoisotopic (exact) mass is 252 g/mol. The molecule has 0 aromatic heterocycles. The number of carbonyl (C=O) groups excluding carboxylic acids is 1. The third-order valence-corrected chi connectivity index (χ3v) is 4.68. The van der Waals surface area contributed by atoms with Crippen LogP contribution >= 0.6 is 0 Å². The van der Waals surface area contributed by atoms with Crippen molar-refractivity contribution in [2.45, 2.75) is 45.4 Å². The fourth-order valence-corrected chi connectivity index (χ4v) is 3.58. The summed E-state index contributed by atoms with van der Waals surface area (Å²) in [6.45, 7) is 6.57. The van der Waals surface area contributed by atoms with Gasteiger partial charge >= 0.3 is 0 Å². The van der Waals surface area contributed by atoms with Gasteiger partial charge in [-0.3, -0.25) is 4.79 Å². The average Bonchev–Trinajstić information content (AvgIpc) is 2.82. The summed E-state index contributed by atoms with van der Waals surface area (Å²) in [5.74, 6) is 1.82. The third-order valence-electron chi connectivity index (χ3n) is 4.68. The summed E-state index contributed by atoms with van der Waals surface area (Å²) in [4.78, 5) is 15.8. The fourth-order valence-electron chi connectivity index (χ4n) is 3.58. The molecule has 2 unspecified atom stereocenters. The van der Waals surface area contributed by atoms with Gasteiger partial charge in [0.15, 0.2) is 0 Å². The Labute approximate surface area is 112 Å². The maximum absolute atomic E-state index is 11.3. The van der Waals surface area contributed by atoms with Crippen LogP contribution in [0, 0.1) is 11.8 Å². The molecule has 18 heavy (non-hydrogen) atoms. The summed E-state index contributed by atoms with van der Waals surface area (Å²) >= 11 is 0. The second kappa shape index (κ2) is 6.55. The van der Waals surface area contributed by atoms with Gasteiger partial charge in [-0.1, -0.05) is 6.42 Å². The van der Waals surface area contributed by atoms with Crippen LogP contribution in [0.3, 0.4) is 0 Å². The van der Waals surface area contributed by atoms with Crippen LogP contribution in [-0.4, -0.2) is 48.9 Å². The predicted molar refractivity (Wildman–Crippen MR) is 74.4 cm³/mol. The Kier molecular flexibility index (Phi) is 5.04. The maximum Gasteiger partial charge on any atom is 0.219 e. The van der Waals surface area contributed by atoms with Crippen molar-refractivity contribution in [2.24, 2.45) is 11.8 Å². The van der Waals surface area contributed by atoms with E-state index in [4.69, 9.17) is 0 Å². The van der Waals surface area contributed by atoms with Crippen molar-refractivity contribution < 1.29 is 4.79 Å². The highest BCUT2D eigenvalue weighted by atomic mass is 16.2. The third kappa shape index (κ3) is 3.98. The average molecular weight is 252 g/mol. The van der Waals surface area contributed by atoms with Gasteiger partial charge in [-0.15, -0.1) is 0 Å². The standard InChI is InChI=1S/C15H28N2O/c1-13(18)16(2)11-14-6-5-7-15(10-14)12-17-8-3-4-9-17/h14-15H,3-12H2,1-2H3. The van der Waals surface area contributed by atoms with Crippen LogP contribution in [0.1, 0.15) is 45.4 Å². The van der Waals surface area contributed by atoms with Gasteiger partial charge in [0.05, 0.1) is 0 Å². The Morgan fingerprint density at radius 1 is 1.17 bits per heavy atom. The van der Waals surface area contributed by atoms with E-state index in [0.717, 1.165) is 18.4 Å². The lowest BCUT2D eigenvalue weighted by Crippen LogP contribution is -2.35. The van der Waals surface area contributed by atoms with Gasteiger partial charge in [0.2, 0.25) is 5.91 Å². The van der Waals surface area contributed by atoms with E-state index < -0.39 is 0 Å².